The van der Waals surface area contributed by atoms with Crippen molar-refractivity contribution in [2.24, 2.45) is 0 Å². The second-order valence-corrected chi connectivity index (χ2v) is 8.18. The van der Waals surface area contributed by atoms with Crippen LogP contribution in [0.3, 0.4) is 0 Å². The van der Waals surface area contributed by atoms with Crippen LogP contribution in [0.2, 0.25) is 0 Å². The predicted molar refractivity (Wildman–Crippen MR) is 112 cm³/mol. The largest absolute Gasteiger partial charge is 0.345 e. The van der Waals surface area contributed by atoms with Gasteiger partial charge in [0, 0.05) is 51.4 Å². The van der Waals surface area contributed by atoms with E-state index in [1.807, 2.05) is 0 Å². The predicted octanol–water partition coefficient (Wildman–Crippen LogP) is 3.10. The van der Waals surface area contributed by atoms with Gasteiger partial charge in [-0.25, -0.2) is 9.37 Å². The highest BCUT2D eigenvalue weighted by atomic mass is 32.1. The van der Waals surface area contributed by atoms with E-state index >= 15 is 0 Å². The highest BCUT2D eigenvalue weighted by Gasteiger charge is 2.24. The lowest BCUT2D eigenvalue weighted by atomic mass is 10.1. The third kappa shape index (κ3) is 3.93. The molecule has 0 N–H and O–H groups in total. The van der Waals surface area contributed by atoms with E-state index in [4.69, 9.17) is 0 Å². The summed E-state index contributed by atoms with van der Waals surface area (Å²) in [6.07, 6.45) is 0. The number of piperazine rings is 1. The molecule has 0 saturated carbocycles. The zero-order chi connectivity index (χ0) is 20.5. The topological polar surface area (TPSA) is 56.8 Å². The van der Waals surface area contributed by atoms with Crippen molar-refractivity contribution in [2.75, 3.05) is 45.2 Å². The first-order valence-electron chi connectivity index (χ1n) is 9.34. The first-order chi connectivity index (χ1) is 13.9. The maximum atomic E-state index is 13.4. The number of hydrogen-bond acceptors (Lipinski definition) is 5. The molecule has 0 spiro atoms. The number of hydrogen-bond donors (Lipinski definition) is 0. The second kappa shape index (κ2) is 7.79. The summed E-state index contributed by atoms with van der Waals surface area (Å²) in [4.78, 5) is 35.0. The van der Waals surface area contributed by atoms with E-state index in [0.717, 1.165) is 15.3 Å². The molecule has 1 aliphatic heterocycles. The maximum absolute atomic E-state index is 13.4. The summed E-state index contributed by atoms with van der Waals surface area (Å²) in [7, 11) is 3.37. The highest BCUT2D eigenvalue weighted by Crippen LogP contribution is 2.30. The molecule has 150 valence electrons. The molecule has 1 fully saturated rings. The molecule has 3 aromatic rings. The Kier molecular flexibility index (Phi) is 5.19. The van der Waals surface area contributed by atoms with Crippen LogP contribution in [0.4, 0.5) is 9.52 Å². The molecule has 0 aliphatic carbocycles. The minimum atomic E-state index is -0.266. The molecule has 1 aliphatic rings. The molecule has 4 rings (SSSR count). The van der Waals surface area contributed by atoms with Gasteiger partial charge in [-0.3, -0.25) is 9.59 Å². The molecular formula is C21H21FN4O2S. The van der Waals surface area contributed by atoms with Crippen molar-refractivity contribution >= 4 is 38.5 Å². The fraction of sp³-hybridized carbons (Fsp3) is 0.286. The van der Waals surface area contributed by atoms with Crippen LogP contribution < -0.4 is 4.90 Å². The first kappa shape index (κ1) is 19.3. The van der Waals surface area contributed by atoms with E-state index in [-0.39, 0.29) is 17.6 Å². The molecular weight excluding hydrogens is 391 g/mol. The number of carbonyl (C=O) groups is 2. The molecule has 2 heterocycles. The Morgan fingerprint density at radius 3 is 2.48 bits per heavy atom. The zero-order valence-corrected chi connectivity index (χ0v) is 17.1. The van der Waals surface area contributed by atoms with Crippen molar-refractivity contribution in [3.63, 3.8) is 0 Å². The molecule has 29 heavy (non-hydrogen) atoms. The van der Waals surface area contributed by atoms with Gasteiger partial charge in [-0.2, -0.15) is 0 Å². The van der Waals surface area contributed by atoms with Crippen LogP contribution in [-0.4, -0.2) is 66.9 Å². The Bertz CT molecular complexity index is 1070. The average molecular weight is 412 g/mol. The van der Waals surface area contributed by atoms with Crippen LogP contribution in [0.1, 0.15) is 20.7 Å². The van der Waals surface area contributed by atoms with Gasteiger partial charge in [0.05, 0.1) is 10.2 Å². The minimum absolute atomic E-state index is 0.0792. The molecule has 1 aromatic heterocycles. The molecule has 8 heteroatoms. The molecule has 6 nitrogen and oxygen atoms in total. The SMILES string of the molecule is CN(C)C(=O)c1cccc(C(=O)N2CCN(c3nc4ccc(F)cc4s3)CC2)c1. The number of thiazole rings is 1. The van der Waals surface area contributed by atoms with E-state index < -0.39 is 0 Å². The van der Waals surface area contributed by atoms with E-state index in [1.165, 1.54) is 28.4 Å². The Balaban J connectivity index is 1.44. The van der Waals surface area contributed by atoms with Crippen molar-refractivity contribution in [1.82, 2.24) is 14.8 Å². The summed E-state index contributed by atoms with van der Waals surface area (Å²) >= 11 is 1.46. The lowest BCUT2D eigenvalue weighted by Gasteiger charge is -2.34. The van der Waals surface area contributed by atoms with Crippen LogP contribution in [0, 0.1) is 5.82 Å². The van der Waals surface area contributed by atoms with Crippen molar-refractivity contribution in [1.29, 1.82) is 0 Å². The Hall–Kier alpha value is -3.00. The van der Waals surface area contributed by atoms with Gasteiger partial charge in [-0.1, -0.05) is 17.4 Å². The van der Waals surface area contributed by atoms with Crippen molar-refractivity contribution < 1.29 is 14.0 Å². The summed E-state index contributed by atoms with van der Waals surface area (Å²) in [5.41, 5.74) is 1.80. The van der Waals surface area contributed by atoms with Gasteiger partial charge < -0.3 is 14.7 Å². The number of anilines is 1. The number of rotatable bonds is 3. The fourth-order valence-electron chi connectivity index (χ4n) is 3.35. The van der Waals surface area contributed by atoms with Crippen LogP contribution in [0.15, 0.2) is 42.5 Å². The van der Waals surface area contributed by atoms with Crippen molar-refractivity contribution in [3.8, 4) is 0 Å². The molecule has 2 amide bonds. The van der Waals surface area contributed by atoms with Gasteiger partial charge in [0.2, 0.25) is 0 Å². The summed E-state index contributed by atoms with van der Waals surface area (Å²) < 4.78 is 14.2. The number of nitrogens with zero attached hydrogens (tertiary/aromatic N) is 4. The minimum Gasteiger partial charge on any atom is -0.345 e. The number of fused-ring (bicyclic) bond motifs is 1. The quantitative estimate of drug-likeness (QED) is 0.663. The van der Waals surface area contributed by atoms with E-state index in [9.17, 15) is 14.0 Å². The van der Waals surface area contributed by atoms with Gasteiger partial charge in [-0.15, -0.1) is 0 Å². The van der Waals surface area contributed by atoms with Gasteiger partial charge >= 0.3 is 0 Å². The van der Waals surface area contributed by atoms with Crippen LogP contribution in [0.25, 0.3) is 10.2 Å². The number of aromatic nitrogens is 1. The van der Waals surface area contributed by atoms with Gasteiger partial charge in [-0.05, 0) is 36.4 Å². The molecule has 0 unspecified atom stereocenters. The Morgan fingerprint density at radius 1 is 1.03 bits per heavy atom. The van der Waals surface area contributed by atoms with Crippen LogP contribution >= 0.6 is 11.3 Å². The monoisotopic (exact) mass is 412 g/mol. The summed E-state index contributed by atoms with van der Waals surface area (Å²) in [5, 5.41) is 0.844. The normalized spacial score (nSPS) is 14.3. The highest BCUT2D eigenvalue weighted by molar-refractivity contribution is 7.22. The number of halogens is 1. The molecule has 0 bridgehead atoms. The Labute approximate surface area is 172 Å². The third-order valence-electron chi connectivity index (χ3n) is 4.94. The summed E-state index contributed by atoms with van der Waals surface area (Å²) in [6.45, 7) is 2.44. The molecule has 2 aromatic carbocycles. The smallest absolute Gasteiger partial charge is 0.253 e. The zero-order valence-electron chi connectivity index (χ0n) is 16.3. The standard InChI is InChI=1S/C21H21FN4O2S/c1-24(2)19(27)14-4-3-5-15(12-14)20(28)25-8-10-26(11-9-25)21-23-17-7-6-16(22)13-18(17)29-21/h3-7,12-13H,8-11H2,1-2H3. The molecule has 0 atom stereocenters. The van der Waals surface area contributed by atoms with E-state index in [0.29, 0.717) is 37.3 Å². The molecule has 1 saturated heterocycles. The summed E-state index contributed by atoms with van der Waals surface area (Å²) in [6, 6.07) is 11.4. The van der Waals surface area contributed by atoms with Gasteiger partial charge in [0.25, 0.3) is 11.8 Å². The average Bonchev–Trinajstić information content (AvgIpc) is 3.16. The fourth-order valence-corrected chi connectivity index (χ4v) is 4.39. The lowest BCUT2D eigenvalue weighted by molar-refractivity contribution is 0.0746. The van der Waals surface area contributed by atoms with E-state index in [1.54, 1.807) is 49.3 Å². The van der Waals surface area contributed by atoms with Crippen LogP contribution in [0.5, 0.6) is 0 Å². The third-order valence-corrected chi connectivity index (χ3v) is 6.02. The first-order valence-corrected chi connectivity index (χ1v) is 10.2. The number of carbonyl (C=O) groups excluding carboxylic acids is 2. The molecule has 0 radical (unpaired) electrons. The number of amides is 2. The van der Waals surface area contributed by atoms with Crippen molar-refractivity contribution in [3.05, 3.63) is 59.4 Å². The lowest BCUT2D eigenvalue weighted by Crippen LogP contribution is -2.48. The van der Waals surface area contributed by atoms with Crippen LogP contribution in [-0.2, 0) is 0 Å². The van der Waals surface area contributed by atoms with Crippen molar-refractivity contribution in [2.45, 2.75) is 0 Å². The second-order valence-electron chi connectivity index (χ2n) is 7.17. The van der Waals surface area contributed by atoms with E-state index in [2.05, 4.69) is 9.88 Å². The summed E-state index contributed by atoms with van der Waals surface area (Å²) in [5.74, 6) is -0.473. The Morgan fingerprint density at radius 2 is 1.76 bits per heavy atom. The van der Waals surface area contributed by atoms with Gasteiger partial charge in [0.15, 0.2) is 5.13 Å². The maximum Gasteiger partial charge on any atom is 0.253 e. The number of benzene rings is 2. The van der Waals surface area contributed by atoms with Gasteiger partial charge in [0.1, 0.15) is 5.82 Å².